The molecular weight excluding hydrogens is 313 g/mol. The fourth-order valence-electron chi connectivity index (χ4n) is 1.65. The summed E-state index contributed by atoms with van der Waals surface area (Å²) in [6, 6.07) is 11.0. The first kappa shape index (κ1) is 13.5. The summed E-state index contributed by atoms with van der Waals surface area (Å²) in [7, 11) is 0. The monoisotopic (exact) mass is 323 g/mol. The maximum atomic E-state index is 12.8. The van der Waals surface area contributed by atoms with E-state index in [9.17, 15) is 9.18 Å². The van der Waals surface area contributed by atoms with Gasteiger partial charge in [0.2, 0.25) is 0 Å². The topological polar surface area (TPSA) is 49.3 Å². The minimum atomic E-state index is -0.997. The number of carboxylic acids is 1. The highest BCUT2D eigenvalue weighted by Gasteiger charge is 2.10. The van der Waals surface area contributed by atoms with E-state index in [2.05, 4.69) is 21.2 Å². The summed E-state index contributed by atoms with van der Waals surface area (Å²) in [6.07, 6.45) is 0. The van der Waals surface area contributed by atoms with Crippen LogP contribution in [-0.2, 0) is 6.54 Å². The Labute approximate surface area is 118 Å². The van der Waals surface area contributed by atoms with E-state index in [1.165, 1.54) is 18.2 Å². The molecule has 2 N–H and O–H groups in total. The van der Waals surface area contributed by atoms with Crippen LogP contribution in [0.5, 0.6) is 0 Å². The fourth-order valence-corrected chi connectivity index (χ4v) is 2.01. The molecule has 0 saturated carbocycles. The first-order valence-corrected chi connectivity index (χ1v) is 6.37. The Kier molecular flexibility index (Phi) is 4.16. The van der Waals surface area contributed by atoms with Crippen LogP contribution in [0.3, 0.4) is 0 Å². The van der Waals surface area contributed by atoms with Crippen molar-refractivity contribution in [1.29, 1.82) is 0 Å². The van der Waals surface area contributed by atoms with Gasteiger partial charge in [0.05, 0.1) is 5.56 Å². The van der Waals surface area contributed by atoms with Crippen LogP contribution in [0.15, 0.2) is 46.9 Å². The van der Waals surface area contributed by atoms with Gasteiger partial charge in [-0.25, -0.2) is 9.18 Å². The first-order chi connectivity index (χ1) is 9.06. The Balaban J connectivity index is 2.15. The van der Waals surface area contributed by atoms with Gasteiger partial charge < -0.3 is 10.4 Å². The summed E-state index contributed by atoms with van der Waals surface area (Å²) < 4.78 is 13.5. The molecule has 0 spiro atoms. The van der Waals surface area contributed by atoms with Gasteiger partial charge in [-0.15, -0.1) is 0 Å². The molecule has 3 nitrogen and oxygen atoms in total. The van der Waals surface area contributed by atoms with E-state index >= 15 is 0 Å². The van der Waals surface area contributed by atoms with Crippen molar-refractivity contribution >= 4 is 27.6 Å². The number of nitrogens with one attached hydrogen (secondary N) is 1. The number of aromatic carboxylic acids is 1. The Morgan fingerprint density at radius 1 is 1.21 bits per heavy atom. The summed E-state index contributed by atoms with van der Waals surface area (Å²) >= 11 is 3.24. The van der Waals surface area contributed by atoms with Gasteiger partial charge in [0.15, 0.2) is 0 Å². The molecular formula is C14H11BrFNO2. The van der Waals surface area contributed by atoms with Crippen molar-refractivity contribution in [2.75, 3.05) is 5.32 Å². The lowest BCUT2D eigenvalue weighted by Gasteiger charge is -2.10. The summed E-state index contributed by atoms with van der Waals surface area (Å²) in [6.45, 7) is 0.433. The Bertz CT molecular complexity index is 599. The smallest absolute Gasteiger partial charge is 0.337 e. The summed E-state index contributed by atoms with van der Waals surface area (Å²) in [5.41, 5.74) is 1.59. The fraction of sp³-hybridized carbons (Fsp3) is 0.0714. The highest BCUT2D eigenvalue weighted by molar-refractivity contribution is 9.10. The number of hydrogen-bond donors (Lipinski definition) is 2. The van der Waals surface area contributed by atoms with Crippen LogP contribution in [0.1, 0.15) is 15.9 Å². The van der Waals surface area contributed by atoms with Crippen LogP contribution in [0.25, 0.3) is 0 Å². The van der Waals surface area contributed by atoms with E-state index in [1.54, 1.807) is 24.3 Å². The van der Waals surface area contributed by atoms with E-state index in [0.29, 0.717) is 16.7 Å². The lowest BCUT2D eigenvalue weighted by molar-refractivity contribution is 0.0698. The quantitative estimate of drug-likeness (QED) is 0.897. The molecule has 0 aromatic heterocycles. The van der Waals surface area contributed by atoms with Gasteiger partial charge in [-0.1, -0.05) is 28.1 Å². The summed E-state index contributed by atoms with van der Waals surface area (Å²) in [4.78, 5) is 11.1. The SMILES string of the molecule is O=C(O)c1cc(Br)ccc1NCc1ccc(F)cc1. The molecule has 0 aliphatic carbocycles. The van der Waals surface area contributed by atoms with Gasteiger partial charge in [-0.2, -0.15) is 0 Å². The molecule has 0 radical (unpaired) electrons. The molecule has 2 aromatic rings. The Morgan fingerprint density at radius 3 is 2.53 bits per heavy atom. The van der Waals surface area contributed by atoms with Gasteiger partial charge in [0.25, 0.3) is 0 Å². The van der Waals surface area contributed by atoms with Gasteiger partial charge in [-0.05, 0) is 35.9 Å². The average molecular weight is 324 g/mol. The largest absolute Gasteiger partial charge is 0.478 e. The van der Waals surface area contributed by atoms with E-state index in [4.69, 9.17) is 5.11 Å². The van der Waals surface area contributed by atoms with Gasteiger partial charge >= 0.3 is 5.97 Å². The number of anilines is 1. The van der Waals surface area contributed by atoms with Crippen molar-refractivity contribution in [2.24, 2.45) is 0 Å². The standard InChI is InChI=1S/C14H11BrFNO2/c15-10-3-6-13(12(7-10)14(18)19)17-8-9-1-4-11(16)5-2-9/h1-7,17H,8H2,(H,18,19). The second-order valence-electron chi connectivity index (χ2n) is 3.98. The van der Waals surface area contributed by atoms with Crippen LogP contribution in [0.2, 0.25) is 0 Å². The van der Waals surface area contributed by atoms with E-state index < -0.39 is 5.97 Å². The molecule has 2 rings (SSSR count). The number of halogens is 2. The average Bonchev–Trinajstić information content (AvgIpc) is 2.39. The van der Waals surface area contributed by atoms with Crippen LogP contribution in [0.4, 0.5) is 10.1 Å². The van der Waals surface area contributed by atoms with Gasteiger partial charge in [0.1, 0.15) is 5.82 Å². The zero-order valence-corrected chi connectivity index (χ0v) is 11.4. The molecule has 0 atom stereocenters. The highest BCUT2D eigenvalue weighted by Crippen LogP contribution is 2.21. The number of rotatable bonds is 4. The number of benzene rings is 2. The molecule has 0 aliphatic rings. The zero-order chi connectivity index (χ0) is 13.8. The lowest BCUT2D eigenvalue weighted by Crippen LogP contribution is -2.06. The molecule has 0 saturated heterocycles. The molecule has 2 aromatic carbocycles. The summed E-state index contributed by atoms with van der Waals surface area (Å²) in [5.74, 6) is -1.29. The molecule has 5 heteroatoms. The summed E-state index contributed by atoms with van der Waals surface area (Å²) in [5, 5.41) is 12.1. The minimum Gasteiger partial charge on any atom is -0.478 e. The maximum Gasteiger partial charge on any atom is 0.337 e. The Morgan fingerprint density at radius 2 is 1.89 bits per heavy atom. The molecule has 98 valence electrons. The minimum absolute atomic E-state index is 0.191. The third kappa shape index (κ3) is 3.54. The van der Waals surface area contributed by atoms with Crippen molar-refractivity contribution < 1.29 is 14.3 Å². The van der Waals surface area contributed by atoms with Crippen LogP contribution in [-0.4, -0.2) is 11.1 Å². The van der Waals surface area contributed by atoms with Crippen molar-refractivity contribution in [2.45, 2.75) is 6.54 Å². The third-order valence-electron chi connectivity index (χ3n) is 2.61. The van der Waals surface area contributed by atoms with Crippen molar-refractivity contribution in [3.8, 4) is 0 Å². The molecule has 0 unspecified atom stereocenters. The number of carboxylic acid groups (broad SMARTS) is 1. The van der Waals surface area contributed by atoms with E-state index in [-0.39, 0.29) is 11.4 Å². The lowest BCUT2D eigenvalue weighted by atomic mass is 10.1. The molecule has 19 heavy (non-hydrogen) atoms. The molecule has 0 amide bonds. The van der Waals surface area contributed by atoms with Gasteiger partial charge in [0, 0.05) is 16.7 Å². The molecule has 0 fully saturated rings. The second kappa shape index (κ2) is 5.84. The van der Waals surface area contributed by atoms with E-state index in [1.807, 2.05) is 0 Å². The molecule has 0 aliphatic heterocycles. The predicted octanol–water partition coefficient (Wildman–Crippen LogP) is 3.90. The molecule has 0 heterocycles. The van der Waals surface area contributed by atoms with Crippen LogP contribution < -0.4 is 5.32 Å². The maximum absolute atomic E-state index is 12.8. The van der Waals surface area contributed by atoms with Crippen LogP contribution in [0, 0.1) is 5.82 Å². The van der Waals surface area contributed by atoms with Crippen molar-refractivity contribution in [3.05, 3.63) is 63.9 Å². The first-order valence-electron chi connectivity index (χ1n) is 5.57. The molecule has 0 bridgehead atoms. The normalized spacial score (nSPS) is 10.2. The number of hydrogen-bond acceptors (Lipinski definition) is 2. The third-order valence-corrected chi connectivity index (χ3v) is 3.10. The Hall–Kier alpha value is -1.88. The van der Waals surface area contributed by atoms with Crippen molar-refractivity contribution in [3.63, 3.8) is 0 Å². The highest BCUT2D eigenvalue weighted by atomic mass is 79.9. The second-order valence-corrected chi connectivity index (χ2v) is 4.89. The zero-order valence-electron chi connectivity index (χ0n) is 9.86. The van der Waals surface area contributed by atoms with Crippen molar-refractivity contribution in [1.82, 2.24) is 0 Å². The van der Waals surface area contributed by atoms with Gasteiger partial charge in [-0.3, -0.25) is 0 Å². The van der Waals surface area contributed by atoms with E-state index in [0.717, 1.165) is 5.56 Å². The number of carbonyl (C=O) groups is 1. The van der Waals surface area contributed by atoms with Crippen LogP contribution >= 0.6 is 15.9 Å². The predicted molar refractivity (Wildman–Crippen MR) is 74.8 cm³/mol.